The fraction of sp³-hybridized carbons (Fsp3) is 1.00. The van der Waals surface area contributed by atoms with Gasteiger partial charge in [0, 0.05) is 10.4 Å². The third kappa shape index (κ3) is 47.8. The van der Waals surface area contributed by atoms with E-state index in [0.29, 0.717) is 0 Å². The highest BCUT2D eigenvalue weighted by atomic mass is 32.3. The van der Waals surface area contributed by atoms with Crippen molar-refractivity contribution in [2.45, 2.75) is 221 Å². The molecule has 0 rings (SSSR count). The van der Waals surface area contributed by atoms with Gasteiger partial charge in [0.1, 0.15) is 0 Å². The lowest BCUT2D eigenvalue weighted by molar-refractivity contribution is -0.906. The molecule has 300 valence electrons. The summed E-state index contributed by atoms with van der Waals surface area (Å²) in [6.45, 7) is 21.8. The maximum absolute atomic E-state index is 8.52. The molecule has 0 fully saturated rings. The Morgan fingerprint density at radius 2 is 0.469 bits per heavy atom. The lowest BCUT2D eigenvalue weighted by Crippen LogP contribution is -2.44. The standard InChI is InChI=1S/2C21H46N.H2O4S/c2*1-5-8-9-10-11-12-13-14-15-16-17-18-19-20-21-22(4,6-2)7-3;1-5(2,3)4/h2*5-21H2,1-4H3;(H2,1,2,3,4)/q2*+1;/p-2. The fourth-order valence-electron chi connectivity index (χ4n) is 6.46. The highest BCUT2D eigenvalue weighted by molar-refractivity contribution is 7.79. The van der Waals surface area contributed by atoms with Crippen LogP contribution < -0.4 is 0 Å². The van der Waals surface area contributed by atoms with Crippen molar-refractivity contribution in [3.8, 4) is 0 Å². The Kier molecular flexibility index (Phi) is 42.3. The minimum atomic E-state index is -5.17. The summed E-state index contributed by atoms with van der Waals surface area (Å²) < 4.78 is 36.6. The van der Waals surface area contributed by atoms with Crippen LogP contribution in [0.15, 0.2) is 0 Å². The van der Waals surface area contributed by atoms with E-state index in [0.717, 1.165) is 0 Å². The van der Waals surface area contributed by atoms with E-state index in [1.54, 1.807) is 0 Å². The number of hydrogen-bond acceptors (Lipinski definition) is 4. The molecule has 0 aromatic heterocycles. The zero-order chi connectivity index (χ0) is 37.5. The summed E-state index contributed by atoms with van der Waals surface area (Å²) in [4.78, 5) is 0. The fourth-order valence-corrected chi connectivity index (χ4v) is 6.46. The molecular weight excluding hydrogens is 629 g/mol. The van der Waals surface area contributed by atoms with E-state index in [-0.39, 0.29) is 0 Å². The summed E-state index contributed by atoms with van der Waals surface area (Å²) in [5, 5.41) is 0. The van der Waals surface area contributed by atoms with Crippen LogP contribution in [-0.2, 0) is 10.4 Å². The number of rotatable bonds is 34. The summed E-state index contributed by atoms with van der Waals surface area (Å²) in [6, 6.07) is 0. The van der Waals surface area contributed by atoms with Crippen molar-refractivity contribution in [2.24, 2.45) is 0 Å². The average Bonchev–Trinajstić information content (AvgIpc) is 3.08. The maximum atomic E-state index is 8.52. The van der Waals surface area contributed by atoms with Crippen LogP contribution in [0.4, 0.5) is 0 Å². The van der Waals surface area contributed by atoms with Crippen LogP contribution >= 0.6 is 0 Å². The van der Waals surface area contributed by atoms with Crippen LogP contribution in [0.1, 0.15) is 221 Å². The Balaban J connectivity index is -0.000000757. The third-order valence-corrected chi connectivity index (χ3v) is 11.2. The van der Waals surface area contributed by atoms with Crippen LogP contribution in [0.2, 0.25) is 0 Å². The Morgan fingerprint density at radius 1 is 0.327 bits per heavy atom. The molecule has 49 heavy (non-hydrogen) atoms. The first-order valence-corrected chi connectivity index (χ1v) is 23.0. The Labute approximate surface area is 310 Å². The summed E-state index contributed by atoms with van der Waals surface area (Å²) >= 11 is 0. The van der Waals surface area contributed by atoms with Crippen molar-refractivity contribution in [3.63, 3.8) is 0 Å². The predicted octanol–water partition coefficient (Wildman–Crippen LogP) is 12.6. The van der Waals surface area contributed by atoms with Gasteiger partial charge in [0.2, 0.25) is 0 Å². The van der Waals surface area contributed by atoms with Crippen LogP contribution in [0.25, 0.3) is 0 Å². The van der Waals surface area contributed by atoms with Gasteiger partial charge in [-0.05, 0) is 53.4 Å². The number of quaternary nitrogens is 2. The zero-order valence-electron chi connectivity index (χ0n) is 35.0. The first-order chi connectivity index (χ1) is 23.4. The molecule has 6 nitrogen and oxygen atoms in total. The minimum absolute atomic E-state index is 1.26. The molecule has 0 aliphatic heterocycles. The molecule has 0 aromatic carbocycles. The maximum Gasteiger partial charge on any atom is 0.0784 e. The number of nitrogens with zero attached hydrogens (tertiary/aromatic N) is 2. The predicted molar refractivity (Wildman–Crippen MR) is 215 cm³/mol. The SMILES string of the molecule is CCCCCCCCCCCCCCCC[N+](C)(CC)CC.CCCCCCCCCCCCCCCC[N+](C)(CC)CC.O=S(=O)([O-])[O-]. The van der Waals surface area contributed by atoms with Gasteiger partial charge in [-0.1, -0.05) is 168 Å². The molecular formula is C42H92N2O4S. The third-order valence-electron chi connectivity index (χ3n) is 11.2. The van der Waals surface area contributed by atoms with Gasteiger partial charge in [0.25, 0.3) is 0 Å². The van der Waals surface area contributed by atoms with Gasteiger partial charge in [-0.15, -0.1) is 0 Å². The quantitative estimate of drug-likeness (QED) is 0.0287. The molecule has 0 aromatic rings. The van der Waals surface area contributed by atoms with E-state index < -0.39 is 10.4 Å². The van der Waals surface area contributed by atoms with Crippen LogP contribution in [0.3, 0.4) is 0 Å². The molecule has 0 atom stereocenters. The monoisotopic (exact) mass is 721 g/mol. The highest BCUT2D eigenvalue weighted by Gasteiger charge is 2.15. The largest absolute Gasteiger partial charge is 0.759 e. The molecule has 0 aliphatic rings. The molecule has 0 saturated heterocycles. The zero-order valence-corrected chi connectivity index (χ0v) is 35.8. The van der Waals surface area contributed by atoms with Gasteiger partial charge in [0.05, 0.1) is 53.4 Å². The second-order valence-electron chi connectivity index (χ2n) is 15.6. The van der Waals surface area contributed by atoms with Crippen LogP contribution in [0.5, 0.6) is 0 Å². The molecule has 0 N–H and O–H groups in total. The van der Waals surface area contributed by atoms with Gasteiger partial charge in [-0.25, -0.2) is 0 Å². The van der Waals surface area contributed by atoms with E-state index in [1.807, 2.05) is 0 Å². The lowest BCUT2D eigenvalue weighted by atomic mass is 10.0. The Bertz CT molecular complexity index is 670. The first-order valence-electron chi connectivity index (χ1n) is 21.7. The van der Waals surface area contributed by atoms with E-state index in [4.69, 9.17) is 17.5 Å². The first kappa shape index (κ1) is 53.1. The molecule has 0 radical (unpaired) electrons. The van der Waals surface area contributed by atoms with Crippen molar-refractivity contribution >= 4 is 10.4 Å². The van der Waals surface area contributed by atoms with Crippen molar-refractivity contribution in [1.29, 1.82) is 0 Å². The number of unbranched alkanes of at least 4 members (excludes halogenated alkanes) is 26. The smallest absolute Gasteiger partial charge is 0.0784 e. The van der Waals surface area contributed by atoms with E-state index in [2.05, 4.69) is 55.6 Å². The molecule has 0 saturated carbocycles. The summed E-state index contributed by atoms with van der Waals surface area (Å²) in [5.74, 6) is 0. The lowest BCUT2D eigenvalue weighted by Gasteiger charge is -2.32. The van der Waals surface area contributed by atoms with Crippen molar-refractivity contribution in [1.82, 2.24) is 0 Å². The van der Waals surface area contributed by atoms with E-state index >= 15 is 0 Å². The normalized spacial score (nSPS) is 12.0. The molecule has 0 spiro atoms. The second-order valence-corrected chi connectivity index (χ2v) is 16.4. The Morgan fingerprint density at radius 3 is 0.612 bits per heavy atom. The van der Waals surface area contributed by atoms with Crippen molar-refractivity contribution in [2.75, 3.05) is 53.4 Å². The Hall–Kier alpha value is -0.210. The van der Waals surface area contributed by atoms with Gasteiger partial charge in [-0.2, -0.15) is 0 Å². The summed E-state index contributed by atoms with van der Waals surface area (Å²) in [5.41, 5.74) is 0. The molecule has 0 unspecified atom stereocenters. The highest BCUT2D eigenvalue weighted by Crippen LogP contribution is 2.15. The van der Waals surface area contributed by atoms with Crippen molar-refractivity contribution < 1.29 is 26.5 Å². The number of hydrogen-bond donors (Lipinski definition) is 0. The van der Waals surface area contributed by atoms with Gasteiger partial charge in [0.15, 0.2) is 0 Å². The van der Waals surface area contributed by atoms with E-state index in [1.165, 1.54) is 228 Å². The molecule has 0 bridgehead atoms. The second kappa shape index (κ2) is 39.0. The van der Waals surface area contributed by atoms with E-state index in [9.17, 15) is 0 Å². The topological polar surface area (TPSA) is 80.3 Å². The minimum Gasteiger partial charge on any atom is -0.759 e. The molecule has 0 aliphatic carbocycles. The van der Waals surface area contributed by atoms with Gasteiger partial charge >= 0.3 is 0 Å². The molecule has 7 heteroatoms. The van der Waals surface area contributed by atoms with Gasteiger partial charge < -0.3 is 18.1 Å². The summed E-state index contributed by atoms with van der Waals surface area (Å²) in [6.07, 6.45) is 40.9. The molecule has 0 amide bonds. The van der Waals surface area contributed by atoms with Crippen molar-refractivity contribution in [3.05, 3.63) is 0 Å². The van der Waals surface area contributed by atoms with Gasteiger partial charge in [-0.3, -0.25) is 8.42 Å². The summed E-state index contributed by atoms with van der Waals surface area (Å²) in [7, 11) is -0.357. The average molecular weight is 721 g/mol. The molecule has 0 heterocycles. The van der Waals surface area contributed by atoms with Crippen LogP contribution in [-0.4, -0.2) is 79.9 Å². The van der Waals surface area contributed by atoms with Crippen LogP contribution in [0, 0.1) is 0 Å².